The van der Waals surface area contributed by atoms with Crippen molar-refractivity contribution in [2.75, 3.05) is 18.7 Å². The molecule has 0 aromatic heterocycles. The Morgan fingerprint density at radius 1 is 1.12 bits per heavy atom. The van der Waals surface area contributed by atoms with E-state index in [4.69, 9.17) is 32.7 Å². The zero-order valence-corrected chi connectivity index (χ0v) is 16.7. The predicted octanol–water partition coefficient (Wildman–Crippen LogP) is 4.91. The van der Waals surface area contributed by atoms with Gasteiger partial charge >= 0.3 is 5.97 Å². The molecule has 0 aliphatic carbocycles. The molecule has 0 aliphatic heterocycles. The van der Waals surface area contributed by atoms with Gasteiger partial charge in [-0.1, -0.05) is 23.2 Å². The quantitative estimate of drug-likeness (QED) is 0.538. The Kier molecular flexibility index (Phi) is 7.20. The molecule has 1 N–H and O–H groups in total. The highest BCUT2D eigenvalue weighted by atomic mass is 35.5. The molecule has 0 bridgehead atoms. The van der Waals surface area contributed by atoms with Crippen molar-refractivity contribution < 1.29 is 19.1 Å². The van der Waals surface area contributed by atoms with E-state index >= 15 is 0 Å². The molecule has 0 radical (unpaired) electrons. The second-order valence-corrected chi connectivity index (χ2v) is 7.01. The number of hydrogen-bond acceptors (Lipinski definition) is 5. The fraction of sp³-hybridized carbons (Fsp3) is 0.222. The van der Waals surface area contributed by atoms with E-state index in [9.17, 15) is 9.59 Å². The second kappa shape index (κ2) is 9.16. The number of rotatable bonds is 6. The number of methoxy groups -OCH3 is 1. The molecule has 2 aromatic carbocycles. The molecule has 1 amide bonds. The number of carbonyl (C=O) groups is 2. The summed E-state index contributed by atoms with van der Waals surface area (Å²) in [5, 5.41) is 3.38. The van der Waals surface area contributed by atoms with Crippen LogP contribution in [0.2, 0.25) is 10.0 Å². The van der Waals surface area contributed by atoms with Gasteiger partial charge in [0.2, 0.25) is 0 Å². The van der Waals surface area contributed by atoms with Crippen LogP contribution in [-0.4, -0.2) is 31.3 Å². The fourth-order valence-corrected chi connectivity index (χ4v) is 3.07. The van der Waals surface area contributed by atoms with Crippen LogP contribution >= 0.6 is 35.0 Å². The van der Waals surface area contributed by atoms with Gasteiger partial charge in [0.1, 0.15) is 11.3 Å². The third kappa shape index (κ3) is 5.30. The average Bonchev–Trinajstić information content (AvgIpc) is 2.59. The summed E-state index contributed by atoms with van der Waals surface area (Å²) in [6.45, 7) is 1.47. The van der Waals surface area contributed by atoms with Crippen molar-refractivity contribution in [1.29, 1.82) is 0 Å². The van der Waals surface area contributed by atoms with Gasteiger partial charge in [-0.05, 0) is 49.6 Å². The molecule has 138 valence electrons. The Labute approximate surface area is 166 Å². The van der Waals surface area contributed by atoms with E-state index in [0.717, 1.165) is 4.90 Å². The SMILES string of the molecule is COc1cc(SC)ccc1C(=O)O[C@@H](C)C(=O)Nc1cc(Cl)cc(Cl)c1. The van der Waals surface area contributed by atoms with Crippen molar-refractivity contribution in [2.24, 2.45) is 0 Å². The van der Waals surface area contributed by atoms with E-state index in [1.54, 1.807) is 36.4 Å². The molecule has 0 spiro atoms. The van der Waals surface area contributed by atoms with Crippen LogP contribution < -0.4 is 10.1 Å². The Morgan fingerprint density at radius 2 is 1.77 bits per heavy atom. The molecule has 26 heavy (non-hydrogen) atoms. The van der Waals surface area contributed by atoms with Gasteiger partial charge in [0.15, 0.2) is 6.10 Å². The van der Waals surface area contributed by atoms with Crippen molar-refractivity contribution in [3.63, 3.8) is 0 Å². The Bertz CT molecular complexity index is 809. The summed E-state index contributed by atoms with van der Waals surface area (Å²) >= 11 is 13.3. The molecule has 0 saturated heterocycles. The lowest BCUT2D eigenvalue weighted by molar-refractivity contribution is -0.123. The first-order valence-corrected chi connectivity index (χ1v) is 9.52. The van der Waals surface area contributed by atoms with Crippen LogP contribution in [0.5, 0.6) is 5.75 Å². The number of halogens is 2. The summed E-state index contributed by atoms with van der Waals surface area (Å²) in [4.78, 5) is 25.6. The summed E-state index contributed by atoms with van der Waals surface area (Å²) in [6.07, 6.45) is 0.895. The Morgan fingerprint density at radius 3 is 2.35 bits per heavy atom. The van der Waals surface area contributed by atoms with Crippen LogP contribution in [0.4, 0.5) is 5.69 Å². The van der Waals surface area contributed by atoms with Gasteiger partial charge in [-0.25, -0.2) is 4.79 Å². The number of amides is 1. The van der Waals surface area contributed by atoms with Crippen molar-refractivity contribution in [3.8, 4) is 5.75 Å². The zero-order chi connectivity index (χ0) is 19.3. The molecule has 8 heteroatoms. The predicted molar refractivity (Wildman–Crippen MR) is 105 cm³/mol. The van der Waals surface area contributed by atoms with Gasteiger partial charge in [0, 0.05) is 20.6 Å². The second-order valence-electron chi connectivity index (χ2n) is 5.26. The average molecular weight is 414 g/mol. The summed E-state index contributed by atoms with van der Waals surface area (Å²) in [5.74, 6) is -0.770. The Balaban J connectivity index is 2.07. The van der Waals surface area contributed by atoms with E-state index in [2.05, 4.69) is 5.32 Å². The summed E-state index contributed by atoms with van der Waals surface area (Å²) < 4.78 is 10.5. The maximum Gasteiger partial charge on any atom is 0.342 e. The number of nitrogens with one attached hydrogen (secondary N) is 1. The van der Waals surface area contributed by atoms with E-state index in [-0.39, 0.29) is 5.56 Å². The van der Waals surface area contributed by atoms with E-state index in [1.807, 2.05) is 6.26 Å². The van der Waals surface area contributed by atoms with Gasteiger partial charge in [-0.2, -0.15) is 0 Å². The van der Waals surface area contributed by atoms with Gasteiger partial charge in [-0.3, -0.25) is 4.79 Å². The normalized spacial score (nSPS) is 11.6. The van der Waals surface area contributed by atoms with Crippen molar-refractivity contribution in [2.45, 2.75) is 17.9 Å². The van der Waals surface area contributed by atoms with E-state index in [0.29, 0.717) is 21.5 Å². The molecule has 0 heterocycles. The zero-order valence-electron chi connectivity index (χ0n) is 14.3. The first kappa shape index (κ1) is 20.4. The monoisotopic (exact) mass is 413 g/mol. The van der Waals surface area contributed by atoms with Crippen molar-refractivity contribution in [1.82, 2.24) is 0 Å². The smallest absolute Gasteiger partial charge is 0.342 e. The Hall–Kier alpha value is -1.89. The molecule has 5 nitrogen and oxygen atoms in total. The number of hydrogen-bond donors (Lipinski definition) is 1. The maximum atomic E-state index is 12.4. The molecule has 0 aliphatic rings. The van der Waals surface area contributed by atoms with Gasteiger partial charge in [0.05, 0.1) is 7.11 Å². The minimum Gasteiger partial charge on any atom is -0.496 e. The summed E-state index contributed by atoms with van der Waals surface area (Å²) in [5.41, 5.74) is 0.660. The van der Waals surface area contributed by atoms with Gasteiger partial charge in [0.25, 0.3) is 5.91 Å². The molecular formula is C18H17Cl2NO4S. The van der Waals surface area contributed by atoms with E-state index < -0.39 is 18.0 Å². The third-order valence-corrected chi connectivity index (χ3v) is 4.57. The highest BCUT2D eigenvalue weighted by Gasteiger charge is 2.22. The largest absolute Gasteiger partial charge is 0.496 e. The first-order valence-electron chi connectivity index (χ1n) is 7.54. The molecule has 2 aromatic rings. The van der Waals surface area contributed by atoms with Crippen LogP contribution in [0.1, 0.15) is 17.3 Å². The summed E-state index contributed by atoms with van der Waals surface area (Å²) in [6, 6.07) is 9.76. The minimum absolute atomic E-state index is 0.246. The summed E-state index contributed by atoms with van der Waals surface area (Å²) in [7, 11) is 1.47. The van der Waals surface area contributed by atoms with Gasteiger partial charge in [-0.15, -0.1) is 11.8 Å². The number of carbonyl (C=O) groups excluding carboxylic acids is 2. The molecule has 1 atom stereocenters. The number of thioether (sulfide) groups is 1. The standard InChI is InChI=1S/C18H17Cl2NO4S/c1-10(17(22)21-13-7-11(19)6-12(20)8-13)25-18(23)15-5-4-14(26-3)9-16(15)24-2/h4-10H,1-3H3,(H,21,22)/t10-/m0/s1. The van der Waals surface area contributed by atoms with Crippen LogP contribution in [-0.2, 0) is 9.53 Å². The lowest BCUT2D eigenvalue weighted by Crippen LogP contribution is -2.30. The molecule has 2 rings (SSSR count). The topological polar surface area (TPSA) is 64.6 Å². The van der Waals surface area contributed by atoms with Crippen LogP contribution in [0.25, 0.3) is 0 Å². The number of esters is 1. The number of benzene rings is 2. The third-order valence-electron chi connectivity index (χ3n) is 3.41. The highest BCUT2D eigenvalue weighted by molar-refractivity contribution is 7.98. The molecular weight excluding hydrogens is 397 g/mol. The van der Waals surface area contributed by atoms with Crippen LogP contribution in [0.3, 0.4) is 0 Å². The lowest BCUT2D eigenvalue weighted by Gasteiger charge is -2.15. The lowest BCUT2D eigenvalue weighted by atomic mass is 10.2. The maximum absolute atomic E-state index is 12.4. The van der Waals surface area contributed by atoms with E-state index in [1.165, 1.54) is 25.8 Å². The molecule has 0 fully saturated rings. The number of ether oxygens (including phenoxy) is 2. The molecule has 0 saturated carbocycles. The van der Waals surface area contributed by atoms with Gasteiger partial charge < -0.3 is 14.8 Å². The van der Waals surface area contributed by atoms with Crippen molar-refractivity contribution in [3.05, 3.63) is 52.0 Å². The number of anilines is 1. The minimum atomic E-state index is -1.02. The van der Waals surface area contributed by atoms with Crippen molar-refractivity contribution >= 4 is 52.5 Å². The highest BCUT2D eigenvalue weighted by Crippen LogP contribution is 2.26. The van der Waals surface area contributed by atoms with Crippen LogP contribution in [0.15, 0.2) is 41.3 Å². The first-order chi connectivity index (χ1) is 12.3. The van der Waals surface area contributed by atoms with Crippen LogP contribution in [0, 0.1) is 0 Å². The molecule has 0 unspecified atom stereocenters. The fourth-order valence-electron chi connectivity index (χ4n) is 2.11.